The summed E-state index contributed by atoms with van der Waals surface area (Å²) in [4.78, 5) is 2.48. The molecule has 2 nitrogen and oxygen atoms in total. The average molecular weight is 154 g/mol. The first kappa shape index (κ1) is 8.75. The summed E-state index contributed by atoms with van der Waals surface area (Å²) >= 11 is 0. The maximum Gasteiger partial charge on any atom is 0.0199 e. The molecule has 1 heterocycles. The van der Waals surface area contributed by atoms with E-state index in [1.165, 1.54) is 0 Å². The number of piperazine rings is 1. The fraction of sp³-hybridized carbons (Fsp3) is 0.778. The molecule has 0 saturated carbocycles. The molecule has 1 saturated heterocycles. The fourth-order valence-corrected chi connectivity index (χ4v) is 1.68. The molecule has 1 N–H and O–H groups in total. The van der Waals surface area contributed by atoms with Gasteiger partial charge in [0.1, 0.15) is 0 Å². The van der Waals surface area contributed by atoms with Crippen molar-refractivity contribution in [2.45, 2.75) is 25.9 Å². The molecule has 2 atom stereocenters. The highest BCUT2D eigenvalue weighted by atomic mass is 15.2. The first-order chi connectivity index (χ1) is 5.25. The van der Waals surface area contributed by atoms with E-state index in [0.717, 1.165) is 19.6 Å². The largest absolute Gasteiger partial charge is 0.314 e. The summed E-state index contributed by atoms with van der Waals surface area (Å²) in [6.45, 7) is 11.5. The van der Waals surface area contributed by atoms with Crippen LogP contribution in [0, 0.1) is 0 Å². The number of nitrogens with one attached hydrogen (secondary N) is 1. The van der Waals surface area contributed by atoms with Crippen LogP contribution in [0.4, 0.5) is 0 Å². The van der Waals surface area contributed by atoms with Gasteiger partial charge in [0.05, 0.1) is 0 Å². The Balaban J connectivity index is 2.47. The molecule has 0 aromatic rings. The average Bonchev–Trinajstić information content (AvgIpc) is 1.97. The van der Waals surface area contributed by atoms with Crippen LogP contribution in [0.3, 0.4) is 0 Å². The summed E-state index contributed by atoms with van der Waals surface area (Å²) in [7, 11) is 0. The Labute approximate surface area is 69.3 Å². The van der Waals surface area contributed by atoms with Gasteiger partial charge in [0.2, 0.25) is 0 Å². The van der Waals surface area contributed by atoms with Crippen molar-refractivity contribution in [2.24, 2.45) is 0 Å². The second-order valence-corrected chi connectivity index (χ2v) is 3.34. The van der Waals surface area contributed by atoms with Crippen molar-refractivity contribution in [3.05, 3.63) is 12.7 Å². The van der Waals surface area contributed by atoms with Crippen LogP contribution in [0.1, 0.15) is 13.8 Å². The molecule has 2 heteroatoms. The smallest absolute Gasteiger partial charge is 0.0199 e. The molecule has 0 unspecified atom stereocenters. The van der Waals surface area contributed by atoms with Gasteiger partial charge in [-0.1, -0.05) is 6.08 Å². The minimum absolute atomic E-state index is 0.650. The third-order valence-corrected chi connectivity index (χ3v) is 2.35. The number of hydrogen-bond donors (Lipinski definition) is 1. The predicted octanol–water partition coefficient (Wildman–Crippen LogP) is 0.855. The summed E-state index contributed by atoms with van der Waals surface area (Å²) in [6, 6.07) is 1.30. The lowest BCUT2D eigenvalue weighted by molar-refractivity contribution is 0.133. The predicted molar refractivity (Wildman–Crippen MR) is 48.7 cm³/mol. The SMILES string of the molecule is C=CCN1[C@H](C)CNC[C@@H]1C. The molecule has 1 rings (SSSR count). The van der Waals surface area contributed by atoms with Gasteiger partial charge in [0, 0.05) is 31.7 Å². The molecule has 0 aliphatic carbocycles. The topological polar surface area (TPSA) is 15.3 Å². The Morgan fingerprint density at radius 1 is 1.45 bits per heavy atom. The van der Waals surface area contributed by atoms with Gasteiger partial charge in [-0.3, -0.25) is 4.90 Å². The van der Waals surface area contributed by atoms with Crippen LogP contribution in [0.15, 0.2) is 12.7 Å². The zero-order valence-corrected chi connectivity index (χ0v) is 7.51. The van der Waals surface area contributed by atoms with E-state index in [9.17, 15) is 0 Å². The molecule has 0 radical (unpaired) electrons. The summed E-state index contributed by atoms with van der Waals surface area (Å²) in [5.74, 6) is 0. The molecule has 1 aliphatic rings. The highest BCUT2D eigenvalue weighted by Crippen LogP contribution is 2.08. The van der Waals surface area contributed by atoms with Crippen molar-refractivity contribution in [2.75, 3.05) is 19.6 Å². The van der Waals surface area contributed by atoms with Crippen molar-refractivity contribution in [1.29, 1.82) is 0 Å². The molecule has 11 heavy (non-hydrogen) atoms. The maximum absolute atomic E-state index is 3.76. The van der Waals surface area contributed by atoms with Crippen molar-refractivity contribution in [3.63, 3.8) is 0 Å². The highest BCUT2D eigenvalue weighted by molar-refractivity contribution is 4.86. The lowest BCUT2D eigenvalue weighted by Gasteiger charge is -2.38. The van der Waals surface area contributed by atoms with Crippen molar-refractivity contribution in [1.82, 2.24) is 10.2 Å². The summed E-state index contributed by atoms with van der Waals surface area (Å²) in [5.41, 5.74) is 0. The molecule has 0 spiro atoms. The van der Waals surface area contributed by atoms with Gasteiger partial charge in [-0.05, 0) is 13.8 Å². The second kappa shape index (κ2) is 3.88. The molecule has 64 valence electrons. The Hall–Kier alpha value is -0.340. The minimum Gasteiger partial charge on any atom is -0.314 e. The van der Waals surface area contributed by atoms with Crippen molar-refractivity contribution < 1.29 is 0 Å². The van der Waals surface area contributed by atoms with Gasteiger partial charge < -0.3 is 5.32 Å². The van der Waals surface area contributed by atoms with Crippen LogP contribution in [0.25, 0.3) is 0 Å². The van der Waals surface area contributed by atoms with E-state index in [-0.39, 0.29) is 0 Å². The van der Waals surface area contributed by atoms with Crippen molar-refractivity contribution in [3.8, 4) is 0 Å². The van der Waals surface area contributed by atoms with Crippen LogP contribution in [0.2, 0.25) is 0 Å². The molecular weight excluding hydrogens is 136 g/mol. The Morgan fingerprint density at radius 2 is 2.00 bits per heavy atom. The van der Waals surface area contributed by atoms with E-state index in [1.54, 1.807) is 0 Å². The Bertz CT molecular complexity index is 124. The molecule has 0 aromatic carbocycles. The van der Waals surface area contributed by atoms with E-state index in [2.05, 4.69) is 30.6 Å². The molecule has 1 fully saturated rings. The van der Waals surface area contributed by atoms with E-state index >= 15 is 0 Å². The third kappa shape index (κ3) is 2.04. The zero-order valence-electron chi connectivity index (χ0n) is 7.51. The molecule has 0 bridgehead atoms. The second-order valence-electron chi connectivity index (χ2n) is 3.34. The minimum atomic E-state index is 0.650. The Kier molecular flexibility index (Phi) is 3.09. The lowest BCUT2D eigenvalue weighted by atomic mass is 10.1. The van der Waals surface area contributed by atoms with Crippen LogP contribution in [-0.2, 0) is 0 Å². The zero-order chi connectivity index (χ0) is 8.27. The third-order valence-electron chi connectivity index (χ3n) is 2.35. The number of nitrogens with zero attached hydrogens (tertiary/aromatic N) is 1. The lowest BCUT2D eigenvalue weighted by Crippen LogP contribution is -2.54. The standard InChI is InChI=1S/C9H18N2/c1-4-5-11-8(2)6-10-7-9(11)3/h4,8-10H,1,5-7H2,2-3H3/t8-,9+. The number of hydrogen-bond acceptors (Lipinski definition) is 2. The quantitative estimate of drug-likeness (QED) is 0.593. The number of rotatable bonds is 2. The first-order valence-electron chi connectivity index (χ1n) is 4.33. The summed E-state index contributed by atoms with van der Waals surface area (Å²) in [6.07, 6.45) is 1.98. The van der Waals surface area contributed by atoms with Gasteiger partial charge in [-0.2, -0.15) is 0 Å². The van der Waals surface area contributed by atoms with E-state index in [4.69, 9.17) is 0 Å². The molecule has 0 amide bonds. The van der Waals surface area contributed by atoms with Gasteiger partial charge >= 0.3 is 0 Å². The molecular formula is C9H18N2. The van der Waals surface area contributed by atoms with Crippen LogP contribution in [-0.4, -0.2) is 36.6 Å². The van der Waals surface area contributed by atoms with Crippen LogP contribution < -0.4 is 5.32 Å². The van der Waals surface area contributed by atoms with Gasteiger partial charge in [0.15, 0.2) is 0 Å². The maximum atomic E-state index is 3.76. The van der Waals surface area contributed by atoms with Gasteiger partial charge in [-0.25, -0.2) is 0 Å². The van der Waals surface area contributed by atoms with E-state index in [1.807, 2.05) is 6.08 Å². The Morgan fingerprint density at radius 3 is 2.45 bits per heavy atom. The molecule has 0 aromatic heterocycles. The van der Waals surface area contributed by atoms with Gasteiger partial charge in [0.25, 0.3) is 0 Å². The first-order valence-corrected chi connectivity index (χ1v) is 4.33. The van der Waals surface area contributed by atoms with Crippen LogP contribution in [0.5, 0.6) is 0 Å². The summed E-state index contributed by atoms with van der Waals surface area (Å²) in [5, 5.41) is 3.40. The van der Waals surface area contributed by atoms with E-state index < -0.39 is 0 Å². The normalized spacial score (nSPS) is 33.6. The van der Waals surface area contributed by atoms with E-state index in [0.29, 0.717) is 12.1 Å². The summed E-state index contributed by atoms with van der Waals surface area (Å²) < 4.78 is 0. The van der Waals surface area contributed by atoms with Crippen LogP contribution >= 0.6 is 0 Å². The van der Waals surface area contributed by atoms with Crippen molar-refractivity contribution >= 4 is 0 Å². The fourth-order valence-electron chi connectivity index (χ4n) is 1.68. The van der Waals surface area contributed by atoms with Gasteiger partial charge in [-0.15, -0.1) is 6.58 Å². The molecule has 1 aliphatic heterocycles. The highest BCUT2D eigenvalue weighted by Gasteiger charge is 2.22. The monoisotopic (exact) mass is 154 g/mol.